The van der Waals surface area contributed by atoms with Gasteiger partial charge in [-0.05, 0) is 47.9 Å². The van der Waals surface area contributed by atoms with Crippen LogP contribution in [0.15, 0.2) is 21.5 Å². The molecule has 2 rings (SSSR count). The van der Waals surface area contributed by atoms with Crippen LogP contribution in [0, 0.1) is 11.6 Å². The fourth-order valence-corrected chi connectivity index (χ4v) is 3.82. The summed E-state index contributed by atoms with van der Waals surface area (Å²) in [5.41, 5.74) is 0. The number of benzene rings is 1. The van der Waals surface area contributed by atoms with Crippen molar-refractivity contribution in [1.82, 2.24) is 10.0 Å². The molecule has 0 radical (unpaired) electrons. The van der Waals surface area contributed by atoms with E-state index in [9.17, 15) is 17.2 Å². The van der Waals surface area contributed by atoms with Gasteiger partial charge in [-0.3, -0.25) is 0 Å². The lowest BCUT2D eigenvalue weighted by atomic mass is 10.1. The number of nitrogens with one attached hydrogen (secondary N) is 2. The number of sulfonamides is 1. The molecule has 0 spiro atoms. The summed E-state index contributed by atoms with van der Waals surface area (Å²) < 4.78 is 53.2. The Bertz CT molecular complexity index is 574. The van der Waals surface area contributed by atoms with Crippen molar-refractivity contribution in [3.8, 4) is 0 Å². The molecule has 1 heterocycles. The second-order valence-electron chi connectivity index (χ2n) is 4.34. The van der Waals surface area contributed by atoms with Gasteiger partial charge in [0, 0.05) is 12.1 Å². The lowest BCUT2D eigenvalue weighted by Gasteiger charge is -2.23. The van der Waals surface area contributed by atoms with Crippen molar-refractivity contribution in [3.63, 3.8) is 0 Å². The van der Waals surface area contributed by atoms with E-state index in [0.717, 1.165) is 6.07 Å². The molecule has 0 bridgehead atoms. The van der Waals surface area contributed by atoms with Gasteiger partial charge in [-0.25, -0.2) is 21.9 Å². The molecule has 1 aliphatic heterocycles. The summed E-state index contributed by atoms with van der Waals surface area (Å²) in [5, 5.41) is 3.10. The highest BCUT2D eigenvalue weighted by Gasteiger charge is 2.25. The number of rotatable bonds is 3. The molecular weight excluding hydrogens is 342 g/mol. The van der Waals surface area contributed by atoms with Gasteiger partial charge < -0.3 is 5.32 Å². The molecule has 0 atom stereocenters. The van der Waals surface area contributed by atoms with Gasteiger partial charge in [-0.15, -0.1) is 0 Å². The van der Waals surface area contributed by atoms with Crippen molar-refractivity contribution in [2.45, 2.75) is 23.8 Å². The summed E-state index contributed by atoms with van der Waals surface area (Å²) in [7, 11) is -3.98. The maximum Gasteiger partial charge on any atom is 0.243 e. The van der Waals surface area contributed by atoms with Crippen LogP contribution in [0.2, 0.25) is 0 Å². The molecule has 106 valence electrons. The molecule has 0 amide bonds. The van der Waals surface area contributed by atoms with Gasteiger partial charge in [0.25, 0.3) is 0 Å². The molecule has 2 N–H and O–H groups in total. The molecule has 19 heavy (non-hydrogen) atoms. The standard InChI is InChI=1S/C11H13BrF2N2O2S/c12-8-5-11(10(14)6-9(8)13)19(17,18)16-7-1-3-15-4-2-7/h5-7,15-16H,1-4H2. The van der Waals surface area contributed by atoms with Crippen molar-refractivity contribution in [2.24, 2.45) is 0 Å². The summed E-state index contributed by atoms with van der Waals surface area (Å²) in [6, 6.07) is 1.27. The van der Waals surface area contributed by atoms with Crippen LogP contribution in [0.1, 0.15) is 12.8 Å². The van der Waals surface area contributed by atoms with Gasteiger partial charge in [-0.1, -0.05) is 0 Å². The van der Waals surface area contributed by atoms with Crippen LogP contribution in [0.3, 0.4) is 0 Å². The Morgan fingerprint density at radius 1 is 1.21 bits per heavy atom. The molecule has 1 aromatic carbocycles. The SMILES string of the molecule is O=S(=O)(NC1CCNCC1)c1cc(Br)c(F)cc1F. The number of hydrogen-bond acceptors (Lipinski definition) is 3. The second kappa shape index (κ2) is 5.82. The molecule has 4 nitrogen and oxygen atoms in total. The zero-order valence-corrected chi connectivity index (χ0v) is 12.3. The summed E-state index contributed by atoms with van der Waals surface area (Å²) in [4.78, 5) is -0.542. The zero-order chi connectivity index (χ0) is 14.0. The Kier molecular flexibility index (Phi) is 4.54. The smallest absolute Gasteiger partial charge is 0.243 e. The topological polar surface area (TPSA) is 58.2 Å². The summed E-state index contributed by atoms with van der Waals surface area (Å²) >= 11 is 2.85. The zero-order valence-electron chi connectivity index (χ0n) is 9.92. The highest BCUT2D eigenvalue weighted by Crippen LogP contribution is 2.24. The third-order valence-corrected chi connectivity index (χ3v) is 5.07. The average molecular weight is 355 g/mol. The molecule has 1 saturated heterocycles. The van der Waals surface area contributed by atoms with Crippen molar-refractivity contribution in [3.05, 3.63) is 28.2 Å². The molecule has 1 fully saturated rings. The van der Waals surface area contributed by atoms with Gasteiger partial charge in [-0.2, -0.15) is 0 Å². The predicted molar refractivity (Wildman–Crippen MR) is 70.3 cm³/mol. The summed E-state index contributed by atoms with van der Waals surface area (Å²) in [6.07, 6.45) is 1.28. The maximum atomic E-state index is 13.6. The van der Waals surface area contributed by atoms with Crippen molar-refractivity contribution in [1.29, 1.82) is 0 Å². The van der Waals surface area contributed by atoms with Crippen LogP contribution in [-0.4, -0.2) is 27.5 Å². The van der Waals surface area contributed by atoms with E-state index in [0.29, 0.717) is 32.0 Å². The minimum atomic E-state index is -3.98. The van der Waals surface area contributed by atoms with E-state index in [2.05, 4.69) is 26.0 Å². The fourth-order valence-electron chi connectivity index (χ4n) is 1.93. The highest BCUT2D eigenvalue weighted by atomic mass is 79.9. The first-order chi connectivity index (χ1) is 8.90. The molecule has 8 heteroatoms. The minimum Gasteiger partial charge on any atom is -0.317 e. The number of halogens is 3. The van der Waals surface area contributed by atoms with Crippen LogP contribution in [0.25, 0.3) is 0 Å². The first kappa shape index (κ1) is 14.8. The van der Waals surface area contributed by atoms with Crippen LogP contribution in [-0.2, 0) is 10.0 Å². The van der Waals surface area contributed by atoms with E-state index < -0.39 is 26.6 Å². The third-order valence-electron chi connectivity index (χ3n) is 2.93. The van der Waals surface area contributed by atoms with E-state index in [-0.39, 0.29) is 10.5 Å². The Morgan fingerprint density at radius 2 is 1.84 bits per heavy atom. The molecule has 0 unspecified atom stereocenters. The first-order valence-electron chi connectivity index (χ1n) is 5.78. The van der Waals surface area contributed by atoms with Crippen LogP contribution >= 0.6 is 15.9 Å². The van der Waals surface area contributed by atoms with Crippen molar-refractivity contribution < 1.29 is 17.2 Å². The average Bonchev–Trinajstić information content (AvgIpc) is 2.34. The Labute approximate surface area is 118 Å². The van der Waals surface area contributed by atoms with Gasteiger partial charge >= 0.3 is 0 Å². The normalized spacial score (nSPS) is 17.6. The number of hydrogen-bond donors (Lipinski definition) is 2. The van der Waals surface area contributed by atoms with Crippen LogP contribution in [0.4, 0.5) is 8.78 Å². The van der Waals surface area contributed by atoms with Crippen molar-refractivity contribution in [2.75, 3.05) is 13.1 Å². The van der Waals surface area contributed by atoms with E-state index in [4.69, 9.17) is 0 Å². The Balaban J connectivity index is 2.26. The second-order valence-corrected chi connectivity index (χ2v) is 6.88. The quantitative estimate of drug-likeness (QED) is 0.813. The molecule has 0 saturated carbocycles. The van der Waals surface area contributed by atoms with Gasteiger partial charge in [0.2, 0.25) is 10.0 Å². The monoisotopic (exact) mass is 354 g/mol. The lowest BCUT2D eigenvalue weighted by molar-refractivity contribution is 0.425. The van der Waals surface area contributed by atoms with Crippen LogP contribution in [0.5, 0.6) is 0 Å². The van der Waals surface area contributed by atoms with Crippen molar-refractivity contribution >= 4 is 26.0 Å². The summed E-state index contributed by atoms with van der Waals surface area (Å²) in [6.45, 7) is 1.42. The summed E-state index contributed by atoms with van der Waals surface area (Å²) in [5.74, 6) is -1.93. The van der Waals surface area contributed by atoms with Gasteiger partial charge in [0.05, 0.1) is 4.47 Å². The maximum absolute atomic E-state index is 13.6. The Morgan fingerprint density at radius 3 is 2.47 bits per heavy atom. The molecule has 1 aromatic rings. The van der Waals surface area contributed by atoms with Gasteiger partial charge in [0.15, 0.2) is 0 Å². The minimum absolute atomic E-state index is 0.0837. The molecule has 1 aliphatic rings. The number of piperidine rings is 1. The molecular formula is C11H13BrF2N2O2S. The van der Waals surface area contributed by atoms with Crippen LogP contribution < -0.4 is 10.0 Å². The van der Waals surface area contributed by atoms with E-state index in [1.54, 1.807) is 0 Å². The van der Waals surface area contributed by atoms with E-state index >= 15 is 0 Å². The first-order valence-corrected chi connectivity index (χ1v) is 8.05. The van der Waals surface area contributed by atoms with E-state index in [1.165, 1.54) is 0 Å². The molecule has 0 aromatic heterocycles. The highest BCUT2D eigenvalue weighted by molar-refractivity contribution is 9.10. The lowest BCUT2D eigenvalue weighted by Crippen LogP contribution is -2.42. The van der Waals surface area contributed by atoms with E-state index in [1.807, 2.05) is 0 Å². The third kappa shape index (κ3) is 3.50. The predicted octanol–water partition coefficient (Wildman–Crippen LogP) is 1.76. The Hall–Kier alpha value is -0.570. The fraction of sp³-hybridized carbons (Fsp3) is 0.455. The molecule has 0 aliphatic carbocycles. The largest absolute Gasteiger partial charge is 0.317 e. The van der Waals surface area contributed by atoms with Gasteiger partial charge in [0.1, 0.15) is 16.5 Å².